The topological polar surface area (TPSA) is 68.2 Å². The van der Waals surface area contributed by atoms with Gasteiger partial charge in [0.15, 0.2) is 5.82 Å². The summed E-state index contributed by atoms with van der Waals surface area (Å²) in [4.78, 5) is 6.25. The minimum Gasteiger partial charge on any atom is -0.328 e. The molecular weight excluding hydrogens is 168 g/mol. The molecule has 1 aromatic heterocycles. The molecule has 0 spiro atoms. The van der Waals surface area contributed by atoms with E-state index in [0.29, 0.717) is 17.9 Å². The highest BCUT2D eigenvalue weighted by Gasteiger charge is 2.19. The Labute approximate surface area is 76.9 Å². The second-order valence-electron chi connectivity index (χ2n) is 3.45. The minimum atomic E-state index is 0.334. The van der Waals surface area contributed by atoms with Crippen LogP contribution in [0.15, 0.2) is 4.52 Å². The number of rotatable bonds is 1. The van der Waals surface area contributed by atoms with Crippen LogP contribution in [0.3, 0.4) is 0 Å². The van der Waals surface area contributed by atoms with Crippen LogP contribution in [0, 0.1) is 6.92 Å². The van der Waals surface area contributed by atoms with Crippen molar-refractivity contribution in [1.29, 1.82) is 0 Å². The molecule has 5 nitrogen and oxygen atoms in total. The van der Waals surface area contributed by atoms with E-state index in [-0.39, 0.29) is 0 Å². The maximum Gasteiger partial charge on any atom is 0.324 e. The zero-order chi connectivity index (χ0) is 9.26. The predicted molar refractivity (Wildman–Crippen MR) is 48.5 cm³/mol. The number of aryl methyl sites for hydroxylation is 1. The molecule has 0 aromatic carbocycles. The maximum absolute atomic E-state index is 5.79. The third-order valence-corrected chi connectivity index (χ3v) is 2.33. The van der Waals surface area contributed by atoms with Crippen molar-refractivity contribution in [2.24, 2.45) is 5.73 Å². The molecule has 1 aromatic rings. The van der Waals surface area contributed by atoms with Gasteiger partial charge in [-0.25, -0.2) is 0 Å². The van der Waals surface area contributed by atoms with Gasteiger partial charge < -0.3 is 15.2 Å². The zero-order valence-electron chi connectivity index (χ0n) is 7.73. The van der Waals surface area contributed by atoms with E-state index in [2.05, 4.69) is 15.0 Å². The Balaban J connectivity index is 2.02. The molecule has 1 aliphatic rings. The van der Waals surface area contributed by atoms with Gasteiger partial charge in [0.05, 0.1) is 0 Å². The summed E-state index contributed by atoms with van der Waals surface area (Å²) >= 11 is 0. The van der Waals surface area contributed by atoms with E-state index < -0.39 is 0 Å². The summed E-state index contributed by atoms with van der Waals surface area (Å²) in [5.74, 6) is 0.685. The molecular formula is C8H14N4O. The number of nitrogens with two attached hydrogens (primary N) is 1. The van der Waals surface area contributed by atoms with E-state index in [1.54, 1.807) is 0 Å². The molecule has 0 amide bonds. The molecule has 2 heterocycles. The second kappa shape index (κ2) is 3.33. The summed E-state index contributed by atoms with van der Waals surface area (Å²) in [7, 11) is 0. The molecule has 0 radical (unpaired) electrons. The average Bonchev–Trinajstić information content (AvgIpc) is 2.53. The van der Waals surface area contributed by atoms with Crippen LogP contribution < -0.4 is 10.6 Å². The van der Waals surface area contributed by atoms with Crippen LogP contribution in [-0.4, -0.2) is 29.3 Å². The lowest BCUT2D eigenvalue weighted by molar-refractivity contribution is 0.390. The van der Waals surface area contributed by atoms with Gasteiger partial charge in [-0.05, 0) is 19.8 Å². The van der Waals surface area contributed by atoms with Crippen LogP contribution in [0.25, 0.3) is 0 Å². The van der Waals surface area contributed by atoms with Crippen molar-refractivity contribution in [2.45, 2.75) is 25.8 Å². The minimum absolute atomic E-state index is 0.334. The Morgan fingerprint density at radius 3 is 2.69 bits per heavy atom. The predicted octanol–water partition coefficient (Wildman–Crippen LogP) is 0.306. The maximum atomic E-state index is 5.79. The Morgan fingerprint density at radius 2 is 2.15 bits per heavy atom. The van der Waals surface area contributed by atoms with Crippen molar-refractivity contribution in [3.63, 3.8) is 0 Å². The standard InChI is InChI=1S/C8H14N4O/c1-6-10-8(13-11-6)12-4-2-7(9)3-5-12/h7H,2-5,9H2,1H3. The molecule has 0 bridgehead atoms. The van der Waals surface area contributed by atoms with Gasteiger partial charge in [0.1, 0.15) is 0 Å². The molecule has 5 heteroatoms. The van der Waals surface area contributed by atoms with Gasteiger partial charge in [-0.3, -0.25) is 0 Å². The van der Waals surface area contributed by atoms with Crippen molar-refractivity contribution < 1.29 is 4.52 Å². The first-order valence-corrected chi connectivity index (χ1v) is 4.56. The fourth-order valence-electron chi connectivity index (χ4n) is 1.51. The first-order valence-electron chi connectivity index (χ1n) is 4.56. The van der Waals surface area contributed by atoms with E-state index in [9.17, 15) is 0 Å². The number of hydrogen-bond donors (Lipinski definition) is 1. The van der Waals surface area contributed by atoms with Gasteiger partial charge in [-0.1, -0.05) is 5.16 Å². The van der Waals surface area contributed by atoms with Crippen LogP contribution in [-0.2, 0) is 0 Å². The summed E-state index contributed by atoms with van der Waals surface area (Å²) in [5, 5.41) is 3.75. The highest BCUT2D eigenvalue weighted by atomic mass is 16.5. The summed E-state index contributed by atoms with van der Waals surface area (Å²) in [5.41, 5.74) is 5.79. The highest BCUT2D eigenvalue weighted by Crippen LogP contribution is 2.16. The van der Waals surface area contributed by atoms with Gasteiger partial charge in [0.2, 0.25) is 0 Å². The normalized spacial score (nSPS) is 19.4. The summed E-state index contributed by atoms with van der Waals surface area (Å²) < 4.78 is 5.06. The number of aromatic nitrogens is 2. The molecule has 0 aliphatic carbocycles. The molecule has 0 atom stereocenters. The highest BCUT2D eigenvalue weighted by molar-refractivity contribution is 5.25. The van der Waals surface area contributed by atoms with Crippen LogP contribution in [0.5, 0.6) is 0 Å². The molecule has 0 saturated carbocycles. The first-order chi connectivity index (χ1) is 6.25. The van der Waals surface area contributed by atoms with Gasteiger partial charge in [-0.2, -0.15) is 4.98 Å². The monoisotopic (exact) mass is 182 g/mol. The summed E-state index contributed by atoms with van der Waals surface area (Å²) in [6.07, 6.45) is 2.00. The first kappa shape index (κ1) is 8.50. The Hall–Kier alpha value is -1.10. The zero-order valence-corrected chi connectivity index (χ0v) is 7.73. The lowest BCUT2D eigenvalue weighted by atomic mass is 10.1. The average molecular weight is 182 g/mol. The lowest BCUT2D eigenvalue weighted by Gasteiger charge is -2.28. The van der Waals surface area contributed by atoms with E-state index >= 15 is 0 Å². The number of piperidine rings is 1. The van der Waals surface area contributed by atoms with Gasteiger partial charge >= 0.3 is 6.01 Å². The third kappa shape index (κ3) is 1.80. The number of nitrogens with zero attached hydrogens (tertiary/aromatic N) is 3. The Morgan fingerprint density at radius 1 is 1.46 bits per heavy atom. The van der Waals surface area contributed by atoms with Crippen molar-refractivity contribution in [1.82, 2.24) is 10.1 Å². The third-order valence-electron chi connectivity index (χ3n) is 2.33. The lowest BCUT2D eigenvalue weighted by Crippen LogP contribution is -2.39. The summed E-state index contributed by atoms with van der Waals surface area (Å²) in [6, 6.07) is 0.963. The van der Waals surface area contributed by atoms with Gasteiger partial charge in [-0.15, -0.1) is 0 Å². The van der Waals surface area contributed by atoms with Crippen molar-refractivity contribution in [2.75, 3.05) is 18.0 Å². The Kier molecular flexibility index (Phi) is 2.18. The van der Waals surface area contributed by atoms with Crippen LogP contribution in [0.1, 0.15) is 18.7 Å². The van der Waals surface area contributed by atoms with Crippen LogP contribution >= 0.6 is 0 Å². The molecule has 72 valence electrons. The van der Waals surface area contributed by atoms with E-state index in [1.807, 2.05) is 6.92 Å². The molecule has 0 unspecified atom stereocenters. The van der Waals surface area contributed by atoms with E-state index in [4.69, 9.17) is 10.3 Å². The molecule has 13 heavy (non-hydrogen) atoms. The van der Waals surface area contributed by atoms with E-state index in [1.165, 1.54) is 0 Å². The molecule has 1 aliphatic heterocycles. The molecule has 1 fully saturated rings. The van der Waals surface area contributed by atoms with E-state index in [0.717, 1.165) is 25.9 Å². The number of hydrogen-bond acceptors (Lipinski definition) is 5. The van der Waals surface area contributed by atoms with Crippen LogP contribution in [0.2, 0.25) is 0 Å². The second-order valence-corrected chi connectivity index (χ2v) is 3.45. The Bertz CT molecular complexity index is 277. The quantitative estimate of drug-likeness (QED) is 0.676. The van der Waals surface area contributed by atoms with Crippen molar-refractivity contribution in [3.8, 4) is 0 Å². The fourth-order valence-corrected chi connectivity index (χ4v) is 1.51. The molecule has 2 rings (SSSR count). The van der Waals surface area contributed by atoms with Crippen molar-refractivity contribution in [3.05, 3.63) is 5.82 Å². The SMILES string of the molecule is Cc1noc(N2CCC(N)CC2)n1. The molecule has 1 saturated heterocycles. The fraction of sp³-hybridized carbons (Fsp3) is 0.750. The van der Waals surface area contributed by atoms with Gasteiger partial charge in [0, 0.05) is 19.1 Å². The largest absolute Gasteiger partial charge is 0.328 e. The smallest absolute Gasteiger partial charge is 0.324 e. The molecule has 2 N–H and O–H groups in total. The van der Waals surface area contributed by atoms with Gasteiger partial charge in [0.25, 0.3) is 0 Å². The van der Waals surface area contributed by atoms with Crippen molar-refractivity contribution >= 4 is 6.01 Å². The summed E-state index contributed by atoms with van der Waals surface area (Å²) in [6.45, 7) is 3.66. The number of anilines is 1. The van der Waals surface area contributed by atoms with Crippen LogP contribution in [0.4, 0.5) is 6.01 Å².